The van der Waals surface area contributed by atoms with Gasteiger partial charge in [0.1, 0.15) is 11.3 Å². The number of amides is 4. The number of hydrazine groups is 1. The average molecular weight is 403 g/mol. The van der Waals surface area contributed by atoms with Crippen molar-refractivity contribution < 1.29 is 28.7 Å². The van der Waals surface area contributed by atoms with Crippen molar-refractivity contribution in [3.05, 3.63) is 29.8 Å². The number of imide groups is 1. The Hall–Kier alpha value is -3.10. The Bertz CT molecular complexity index is 803. The van der Waals surface area contributed by atoms with E-state index in [0.29, 0.717) is 30.0 Å². The van der Waals surface area contributed by atoms with Crippen molar-refractivity contribution in [2.75, 3.05) is 13.7 Å². The lowest BCUT2D eigenvalue weighted by Gasteiger charge is -2.30. The van der Waals surface area contributed by atoms with Gasteiger partial charge in [-0.15, -0.1) is 0 Å². The molecule has 1 aliphatic carbocycles. The number of ether oxygens (including phenoxy) is 2. The molecule has 0 radical (unpaired) electrons. The number of rotatable bonds is 7. The van der Waals surface area contributed by atoms with E-state index < -0.39 is 36.0 Å². The van der Waals surface area contributed by atoms with Gasteiger partial charge in [-0.25, -0.2) is 4.79 Å². The highest BCUT2D eigenvalue weighted by Crippen LogP contribution is 2.32. The van der Waals surface area contributed by atoms with Crippen LogP contribution in [0.1, 0.15) is 44.1 Å². The van der Waals surface area contributed by atoms with Crippen LogP contribution in [0.15, 0.2) is 24.3 Å². The average Bonchev–Trinajstić information content (AvgIpc) is 2.95. The van der Waals surface area contributed by atoms with E-state index in [-0.39, 0.29) is 6.42 Å². The Morgan fingerprint density at radius 1 is 1.17 bits per heavy atom. The lowest BCUT2D eigenvalue weighted by molar-refractivity contribution is -0.150. The zero-order chi connectivity index (χ0) is 20.9. The van der Waals surface area contributed by atoms with Crippen molar-refractivity contribution in [3.63, 3.8) is 0 Å². The van der Waals surface area contributed by atoms with Gasteiger partial charge in [0.15, 0.2) is 6.61 Å². The van der Waals surface area contributed by atoms with Gasteiger partial charge in [-0.2, -0.15) is 5.01 Å². The second-order valence-electron chi connectivity index (χ2n) is 7.22. The van der Waals surface area contributed by atoms with E-state index in [4.69, 9.17) is 9.47 Å². The maximum absolute atomic E-state index is 12.6. The second-order valence-corrected chi connectivity index (χ2v) is 7.22. The molecule has 4 amide bonds. The molecule has 2 N–H and O–H groups in total. The number of hydrogen-bond acceptors (Lipinski definition) is 6. The number of methoxy groups -OCH3 is 1. The quantitative estimate of drug-likeness (QED) is 0.526. The fourth-order valence-corrected chi connectivity index (χ4v) is 3.74. The first-order chi connectivity index (χ1) is 13.9. The van der Waals surface area contributed by atoms with E-state index in [9.17, 15) is 19.2 Å². The van der Waals surface area contributed by atoms with Crippen LogP contribution in [0.3, 0.4) is 0 Å². The third kappa shape index (κ3) is 4.67. The van der Waals surface area contributed by atoms with E-state index in [1.54, 1.807) is 13.2 Å². The van der Waals surface area contributed by atoms with Crippen molar-refractivity contribution in [3.8, 4) is 5.75 Å². The largest absolute Gasteiger partial charge is 0.496 e. The topological polar surface area (TPSA) is 114 Å². The van der Waals surface area contributed by atoms with Crippen LogP contribution in [0.5, 0.6) is 5.75 Å². The van der Waals surface area contributed by atoms with Crippen LogP contribution < -0.4 is 15.5 Å². The summed E-state index contributed by atoms with van der Waals surface area (Å²) < 4.78 is 10.2. The molecule has 1 saturated heterocycles. The number of nitrogens with one attached hydrogen (secondary N) is 2. The van der Waals surface area contributed by atoms with Crippen LogP contribution in [-0.2, 0) is 25.5 Å². The maximum Gasteiger partial charge on any atom is 0.344 e. The molecule has 1 aromatic rings. The van der Waals surface area contributed by atoms with E-state index >= 15 is 0 Å². The number of carbonyl (C=O) groups is 4. The zero-order valence-corrected chi connectivity index (χ0v) is 16.4. The fraction of sp³-hybridized carbons (Fsp3) is 0.500. The number of hydrogen-bond donors (Lipinski definition) is 2. The van der Waals surface area contributed by atoms with Crippen LogP contribution >= 0.6 is 0 Å². The predicted octanol–water partition coefficient (Wildman–Crippen LogP) is 1.46. The monoisotopic (exact) mass is 403 g/mol. The summed E-state index contributed by atoms with van der Waals surface area (Å²) in [5.41, 5.74) is 2.17. The van der Waals surface area contributed by atoms with E-state index in [1.807, 2.05) is 18.2 Å². The molecular formula is C20H25N3O6. The van der Waals surface area contributed by atoms with Gasteiger partial charge in [0, 0.05) is 6.42 Å². The van der Waals surface area contributed by atoms with Crippen LogP contribution in [-0.4, -0.2) is 48.1 Å². The first kappa shape index (κ1) is 20.6. The van der Waals surface area contributed by atoms with Gasteiger partial charge in [-0.1, -0.05) is 37.5 Å². The molecule has 1 spiro atoms. The summed E-state index contributed by atoms with van der Waals surface area (Å²) in [7, 11) is 1.55. The molecule has 1 saturated carbocycles. The number of nitrogens with zero attached hydrogens (tertiary/aromatic N) is 1. The molecular weight excluding hydrogens is 378 g/mol. The highest BCUT2D eigenvalue weighted by Gasteiger charge is 2.52. The molecule has 0 atom stereocenters. The molecule has 1 aromatic carbocycles. The number of benzene rings is 1. The summed E-state index contributed by atoms with van der Waals surface area (Å²) in [6.07, 6.45) is 4.29. The van der Waals surface area contributed by atoms with Crippen molar-refractivity contribution >= 4 is 23.8 Å². The van der Waals surface area contributed by atoms with Crippen molar-refractivity contribution in [1.82, 2.24) is 15.8 Å². The molecule has 9 nitrogen and oxygen atoms in total. The molecule has 156 valence electrons. The minimum absolute atomic E-state index is 0.0693. The van der Waals surface area contributed by atoms with E-state index in [0.717, 1.165) is 24.8 Å². The predicted molar refractivity (Wildman–Crippen MR) is 102 cm³/mol. The Morgan fingerprint density at radius 3 is 2.62 bits per heavy atom. The van der Waals surface area contributed by atoms with Crippen LogP contribution in [0, 0.1) is 0 Å². The first-order valence-corrected chi connectivity index (χ1v) is 9.69. The van der Waals surface area contributed by atoms with Gasteiger partial charge in [0.05, 0.1) is 7.11 Å². The Labute approximate surface area is 168 Å². The van der Waals surface area contributed by atoms with Gasteiger partial charge in [-0.3, -0.25) is 19.8 Å². The van der Waals surface area contributed by atoms with Crippen molar-refractivity contribution in [2.45, 2.75) is 50.5 Å². The first-order valence-electron chi connectivity index (χ1n) is 9.69. The van der Waals surface area contributed by atoms with E-state index in [1.165, 1.54) is 0 Å². The summed E-state index contributed by atoms with van der Waals surface area (Å²) in [4.78, 5) is 48.7. The summed E-state index contributed by atoms with van der Waals surface area (Å²) >= 11 is 0. The van der Waals surface area contributed by atoms with Gasteiger partial charge in [-0.05, 0) is 30.9 Å². The second kappa shape index (κ2) is 8.93. The fourth-order valence-electron chi connectivity index (χ4n) is 3.74. The number of urea groups is 1. The van der Waals surface area contributed by atoms with Crippen LogP contribution in [0.25, 0.3) is 0 Å². The van der Waals surface area contributed by atoms with Crippen LogP contribution in [0.4, 0.5) is 4.79 Å². The maximum atomic E-state index is 12.6. The summed E-state index contributed by atoms with van der Waals surface area (Å²) in [5, 5.41) is 3.38. The highest BCUT2D eigenvalue weighted by molar-refractivity contribution is 6.08. The normalized spacial score (nSPS) is 17.8. The van der Waals surface area contributed by atoms with Gasteiger partial charge in [0.2, 0.25) is 0 Å². The molecule has 1 aliphatic heterocycles. The van der Waals surface area contributed by atoms with Crippen molar-refractivity contribution in [1.29, 1.82) is 0 Å². The lowest BCUT2D eigenvalue weighted by Crippen LogP contribution is -2.51. The Balaban J connectivity index is 1.45. The molecule has 9 heteroatoms. The molecule has 0 bridgehead atoms. The number of esters is 1. The van der Waals surface area contributed by atoms with Gasteiger partial charge < -0.3 is 14.8 Å². The summed E-state index contributed by atoms with van der Waals surface area (Å²) in [6, 6.07) is 6.65. The molecule has 1 heterocycles. The van der Waals surface area contributed by atoms with Crippen molar-refractivity contribution in [2.24, 2.45) is 0 Å². The lowest BCUT2D eigenvalue weighted by atomic mass is 9.82. The van der Waals surface area contributed by atoms with Crippen LogP contribution in [0.2, 0.25) is 0 Å². The Morgan fingerprint density at radius 2 is 1.90 bits per heavy atom. The SMILES string of the molecule is COc1ccccc1CCC(=O)OCC(=O)NN1C(=O)NC2(CCCCC2)C1=O. The number of carbonyl (C=O) groups excluding carboxylic acids is 4. The zero-order valence-electron chi connectivity index (χ0n) is 16.4. The van der Waals surface area contributed by atoms with Gasteiger partial charge in [0.25, 0.3) is 11.8 Å². The summed E-state index contributed by atoms with van der Waals surface area (Å²) in [5.74, 6) is -1.09. The minimum Gasteiger partial charge on any atom is -0.496 e. The molecule has 2 aliphatic rings. The summed E-state index contributed by atoms with van der Waals surface area (Å²) in [6.45, 7) is -0.575. The van der Waals surface area contributed by atoms with E-state index in [2.05, 4.69) is 10.7 Å². The number of para-hydroxylation sites is 1. The van der Waals surface area contributed by atoms with Gasteiger partial charge >= 0.3 is 12.0 Å². The molecule has 0 aromatic heterocycles. The smallest absolute Gasteiger partial charge is 0.344 e. The molecule has 0 unspecified atom stereocenters. The third-order valence-electron chi connectivity index (χ3n) is 5.26. The highest BCUT2D eigenvalue weighted by atomic mass is 16.5. The molecule has 3 rings (SSSR count). The third-order valence-corrected chi connectivity index (χ3v) is 5.26. The minimum atomic E-state index is -0.923. The molecule has 2 fully saturated rings. The number of aryl methyl sites for hydroxylation is 1. The Kier molecular flexibility index (Phi) is 6.36. The standard InChI is InChI=1S/C20H25N3O6/c1-28-15-8-4-3-7-14(15)9-10-17(25)29-13-16(24)22-23-18(26)20(21-19(23)27)11-5-2-6-12-20/h3-4,7-8H,2,5-6,9-13H2,1H3,(H,21,27)(H,22,24). The molecule has 29 heavy (non-hydrogen) atoms.